The summed E-state index contributed by atoms with van der Waals surface area (Å²) in [6, 6.07) is 0. The zero-order valence-electron chi connectivity index (χ0n) is 19.2. The standard InChI is InChI=1S/C16H32N2O3.3C2H6/c17-13-9-8-11-15(19)18-14-10-6-4-2-1-3-5-7-12-16(20)21;3*1-2/h1-14,17H2,(H,18,19)(H,20,21);3*1-2H3. The molecule has 0 atom stereocenters. The molecule has 0 radical (unpaired) electrons. The first-order valence-corrected chi connectivity index (χ1v) is 11.4. The monoisotopic (exact) mass is 390 g/mol. The maximum absolute atomic E-state index is 11.4. The first-order valence-electron chi connectivity index (χ1n) is 11.4. The van der Waals surface area contributed by atoms with E-state index in [9.17, 15) is 9.59 Å². The van der Waals surface area contributed by atoms with Gasteiger partial charge in [0.25, 0.3) is 0 Å². The van der Waals surface area contributed by atoms with E-state index in [-0.39, 0.29) is 5.91 Å². The van der Waals surface area contributed by atoms with Crippen LogP contribution in [0.25, 0.3) is 0 Å². The van der Waals surface area contributed by atoms with Crippen molar-refractivity contribution in [2.24, 2.45) is 5.73 Å². The highest BCUT2D eigenvalue weighted by atomic mass is 16.4. The minimum Gasteiger partial charge on any atom is -0.481 e. The van der Waals surface area contributed by atoms with Crippen LogP contribution in [0.5, 0.6) is 0 Å². The van der Waals surface area contributed by atoms with E-state index < -0.39 is 5.97 Å². The normalized spacial score (nSPS) is 8.85. The van der Waals surface area contributed by atoms with E-state index in [1.165, 1.54) is 19.3 Å². The van der Waals surface area contributed by atoms with Crippen molar-refractivity contribution in [1.82, 2.24) is 5.32 Å². The predicted molar refractivity (Wildman–Crippen MR) is 119 cm³/mol. The van der Waals surface area contributed by atoms with Gasteiger partial charge >= 0.3 is 5.97 Å². The van der Waals surface area contributed by atoms with Gasteiger partial charge < -0.3 is 16.2 Å². The first-order chi connectivity index (χ1) is 13.2. The third kappa shape index (κ3) is 40.8. The summed E-state index contributed by atoms with van der Waals surface area (Å²) >= 11 is 0. The summed E-state index contributed by atoms with van der Waals surface area (Å²) < 4.78 is 0. The Morgan fingerprint density at radius 3 is 1.52 bits per heavy atom. The van der Waals surface area contributed by atoms with Gasteiger partial charge in [0.1, 0.15) is 0 Å². The maximum atomic E-state index is 11.4. The molecule has 0 heterocycles. The lowest BCUT2D eigenvalue weighted by Gasteiger charge is -2.05. The molecular formula is C22H50N2O3. The topological polar surface area (TPSA) is 92.4 Å². The van der Waals surface area contributed by atoms with Gasteiger partial charge in [0.2, 0.25) is 5.91 Å². The van der Waals surface area contributed by atoms with Crippen LogP contribution in [0.1, 0.15) is 119 Å². The van der Waals surface area contributed by atoms with Crippen molar-refractivity contribution in [2.45, 2.75) is 119 Å². The van der Waals surface area contributed by atoms with Crippen molar-refractivity contribution in [3.05, 3.63) is 0 Å². The third-order valence-corrected chi connectivity index (χ3v) is 3.50. The fourth-order valence-corrected chi connectivity index (χ4v) is 2.21. The number of carboxylic acids is 1. The van der Waals surface area contributed by atoms with Crippen LogP contribution in [0.15, 0.2) is 0 Å². The fourth-order valence-electron chi connectivity index (χ4n) is 2.21. The Kier molecular flexibility index (Phi) is 44.5. The molecule has 0 rings (SSSR count). The molecule has 5 nitrogen and oxygen atoms in total. The lowest BCUT2D eigenvalue weighted by atomic mass is 10.1. The SMILES string of the molecule is CC.CC.CC.NCCCCC(=O)NCCCCCCCCCCC(=O)O. The molecule has 4 N–H and O–H groups in total. The predicted octanol–water partition coefficient (Wildman–Crippen LogP) is 5.91. The average Bonchev–Trinajstić information content (AvgIpc) is 2.70. The second-order valence-corrected chi connectivity index (χ2v) is 5.57. The van der Waals surface area contributed by atoms with E-state index in [1.54, 1.807) is 0 Å². The lowest BCUT2D eigenvalue weighted by molar-refractivity contribution is -0.137. The number of hydrogen-bond donors (Lipinski definition) is 3. The van der Waals surface area contributed by atoms with Crippen molar-refractivity contribution >= 4 is 11.9 Å². The summed E-state index contributed by atoms with van der Waals surface area (Å²) in [5.41, 5.74) is 5.38. The Labute approximate surface area is 169 Å². The summed E-state index contributed by atoms with van der Waals surface area (Å²) in [5.74, 6) is -0.554. The van der Waals surface area contributed by atoms with Gasteiger partial charge in [0, 0.05) is 19.4 Å². The summed E-state index contributed by atoms with van der Waals surface area (Å²) in [7, 11) is 0. The number of nitrogens with two attached hydrogens (primary N) is 1. The summed E-state index contributed by atoms with van der Waals surface area (Å²) in [5, 5.41) is 11.4. The maximum Gasteiger partial charge on any atom is 0.303 e. The Balaban J connectivity index is -0.000000397. The van der Waals surface area contributed by atoms with Crippen LogP contribution in [-0.2, 0) is 9.59 Å². The van der Waals surface area contributed by atoms with Gasteiger partial charge in [0.05, 0.1) is 0 Å². The van der Waals surface area contributed by atoms with Gasteiger partial charge in [-0.05, 0) is 32.2 Å². The molecule has 0 aliphatic rings. The van der Waals surface area contributed by atoms with E-state index in [0.717, 1.165) is 51.5 Å². The quantitative estimate of drug-likeness (QED) is 0.303. The molecule has 0 aliphatic heterocycles. The van der Waals surface area contributed by atoms with Crippen LogP contribution in [0.3, 0.4) is 0 Å². The molecule has 0 spiro atoms. The van der Waals surface area contributed by atoms with Gasteiger partial charge in [-0.3, -0.25) is 9.59 Å². The third-order valence-electron chi connectivity index (χ3n) is 3.50. The van der Waals surface area contributed by atoms with Crippen molar-refractivity contribution in [2.75, 3.05) is 13.1 Å². The van der Waals surface area contributed by atoms with E-state index in [2.05, 4.69) is 5.32 Å². The number of carbonyl (C=O) groups is 2. The van der Waals surface area contributed by atoms with Crippen LogP contribution in [0.4, 0.5) is 0 Å². The largest absolute Gasteiger partial charge is 0.481 e. The average molecular weight is 391 g/mol. The highest BCUT2D eigenvalue weighted by Crippen LogP contribution is 2.09. The molecule has 0 fully saturated rings. The highest BCUT2D eigenvalue weighted by Gasteiger charge is 2.00. The van der Waals surface area contributed by atoms with E-state index in [1.807, 2.05) is 41.5 Å². The van der Waals surface area contributed by atoms with Gasteiger partial charge in [-0.1, -0.05) is 80.1 Å². The number of rotatable bonds is 15. The van der Waals surface area contributed by atoms with Crippen molar-refractivity contribution in [3.8, 4) is 0 Å². The molecule has 27 heavy (non-hydrogen) atoms. The van der Waals surface area contributed by atoms with Crippen molar-refractivity contribution in [1.29, 1.82) is 0 Å². The summed E-state index contributed by atoms with van der Waals surface area (Å²) in [6.07, 6.45) is 11.4. The highest BCUT2D eigenvalue weighted by molar-refractivity contribution is 5.75. The van der Waals surface area contributed by atoms with Crippen molar-refractivity contribution < 1.29 is 14.7 Å². The van der Waals surface area contributed by atoms with Gasteiger partial charge in [-0.15, -0.1) is 0 Å². The smallest absolute Gasteiger partial charge is 0.303 e. The molecule has 0 aromatic heterocycles. The molecule has 0 aliphatic carbocycles. The van der Waals surface area contributed by atoms with Crippen LogP contribution < -0.4 is 11.1 Å². The Morgan fingerprint density at radius 1 is 0.667 bits per heavy atom. The van der Waals surface area contributed by atoms with Crippen LogP contribution in [0.2, 0.25) is 0 Å². The van der Waals surface area contributed by atoms with Crippen LogP contribution >= 0.6 is 0 Å². The molecule has 0 saturated heterocycles. The number of carboxylic acid groups (broad SMARTS) is 1. The van der Waals surface area contributed by atoms with Gasteiger partial charge in [-0.2, -0.15) is 0 Å². The summed E-state index contributed by atoms with van der Waals surface area (Å²) in [4.78, 5) is 21.7. The second kappa shape index (κ2) is 35.9. The molecule has 0 unspecified atom stereocenters. The Hall–Kier alpha value is -1.10. The van der Waals surface area contributed by atoms with Crippen molar-refractivity contribution in [3.63, 3.8) is 0 Å². The fraction of sp³-hybridized carbons (Fsp3) is 0.909. The van der Waals surface area contributed by atoms with E-state index >= 15 is 0 Å². The van der Waals surface area contributed by atoms with E-state index in [4.69, 9.17) is 10.8 Å². The molecule has 1 amide bonds. The number of carbonyl (C=O) groups excluding carboxylic acids is 1. The Morgan fingerprint density at radius 2 is 1.07 bits per heavy atom. The number of amides is 1. The van der Waals surface area contributed by atoms with E-state index in [0.29, 0.717) is 19.4 Å². The van der Waals surface area contributed by atoms with Gasteiger partial charge in [-0.25, -0.2) is 0 Å². The minimum atomic E-state index is -0.694. The lowest BCUT2D eigenvalue weighted by Crippen LogP contribution is -2.24. The van der Waals surface area contributed by atoms with Gasteiger partial charge in [0.15, 0.2) is 0 Å². The molecule has 0 aromatic rings. The van der Waals surface area contributed by atoms with Crippen LogP contribution in [0, 0.1) is 0 Å². The Bertz CT molecular complexity index is 272. The number of unbranched alkanes of at least 4 members (excludes halogenated alkanes) is 8. The first kappa shape index (κ1) is 33.5. The molecule has 5 heteroatoms. The zero-order chi connectivity index (χ0) is 21.8. The number of hydrogen-bond acceptors (Lipinski definition) is 3. The minimum absolute atomic E-state index is 0.141. The van der Waals surface area contributed by atoms with Crippen LogP contribution in [-0.4, -0.2) is 30.1 Å². The molecule has 166 valence electrons. The second-order valence-electron chi connectivity index (χ2n) is 5.57. The number of aliphatic carboxylic acids is 1. The zero-order valence-corrected chi connectivity index (χ0v) is 19.2. The molecular weight excluding hydrogens is 340 g/mol. The summed E-state index contributed by atoms with van der Waals surface area (Å²) in [6.45, 7) is 13.4. The number of nitrogens with one attached hydrogen (secondary N) is 1. The molecule has 0 aromatic carbocycles. The molecule has 0 saturated carbocycles. The molecule has 0 bridgehead atoms.